The van der Waals surface area contributed by atoms with Crippen LogP contribution in [0.5, 0.6) is 0 Å². The van der Waals surface area contributed by atoms with Gasteiger partial charge in [-0.2, -0.15) is 4.99 Å². The number of hydrogen-bond donors (Lipinski definition) is 1. The molecule has 0 radical (unpaired) electrons. The largest absolute Gasteiger partial charge is 0.444 e. The maximum atomic E-state index is 11.8. The summed E-state index contributed by atoms with van der Waals surface area (Å²) in [6.07, 6.45) is 1.02. The first-order chi connectivity index (χ1) is 8.41. The van der Waals surface area contributed by atoms with E-state index in [1.54, 1.807) is 6.92 Å². The number of amides is 1. The summed E-state index contributed by atoms with van der Waals surface area (Å²) in [5, 5.41) is 0. The smallest absolute Gasteiger partial charge is 0.298 e. The van der Waals surface area contributed by atoms with Gasteiger partial charge in [0.05, 0.1) is 0 Å². The Bertz CT molecular complexity index is 491. The average molecular weight is 246 g/mol. The molecule has 0 aliphatic carbocycles. The predicted molar refractivity (Wildman–Crippen MR) is 70.1 cm³/mol. The number of carbonyl (C=O) groups excluding carboxylic acids is 1. The minimum Gasteiger partial charge on any atom is -0.444 e. The van der Waals surface area contributed by atoms with Crippen LogP contribution in [-0.4, -0.2) is 11.9 Å². The van der Waals surface area contributed by atoms with Crippen molar-refractivity contribution in [1.29, 1.82) is 0 Å². The van der Waals surface area contributed by atoms with Crippen molar-refractivity contribution in [3.63, 3.8) is 0 Å². The minimum atomic E-state index is -1.07. The van der Waals surface area contributed by atoms with Crippen molar-refractivity contribution >= 4 is 11.9 Å². The van der Waals surface area contributed by atoms with E-state index in [1.807, 2.05) is 24.3 Å². The number of benzene rings is 1. The molecule has 1 aliphatic rings. The number of hydrogen-bond acceptors (Lipinski definition) is 3. The Morgan fingerprint density at radius 1 is 1.33 bits per heavy atom. The fourth-order valence-electron chi connectivity index (χ4n) is 2.10. The fourth-order valence-corrected chi connectivity index (χ4v) is 2.10. The normalized spacial score (nSPS) is 23.1. The molecule has 4 heteroatoms. The van der Waals surface area contributed by atoms with Gasteiger partial charge < -0.3 is 10.5 Å². The molecule has 0 bridgehead atoms. The number of amidine groups is 1. The first-order valence-corrected chi connectivity index (χ1v) is 6.09. The van der Waals surface area contributed by atoms with Crippen molar-refractivity contribution in [2.45, 2.75) is 32.8 Å². The molecular formula is C14H18N2O2. The lowest BCUT2D eigenvalue weighted by Crippen LogP contribution is -2.31. The lowest BCUT2D eigenvalue weighted by atomic mass is 9.93. The number of nitrogens with two attached hydrogens (primary N) is 1. The van der Waals surface area contributed by atoms with Crippen LogP contribution in [0.2, 0.25) is 0 Å². The van der Waals surface area contributed by atoms with Crippen LogP contribution < -0.4 is 5.73 Å². The molecule has 4 nitrogen and oxygen atoms in total. The summed E-state index contributed by atoms with van der Waals surface area (Å²) in [6.45, 7) is 6.04. The molecule has 2 N–H and O–H groups in total. The third-order valence-corrected chi connectivity index (χ3v) is 3.08. The van der Waals surface area contributed by atoms with Gasteiger partial charge in [-0.05, 0) is 24.8 Å². The molecular weight excluding hydrogens is 228 g/mol. The quantitative estimate of drug-likeness (QED) is 0.886. The van der Waals surface area contributed by atoms with E-state index >= 15 is 0 Å². The first kappa shape index (κ1) is 12.6. The molecule has 96 valence electrons. The molecule has 0 aromatic heterocycles. The van der Waals surface area contributed by atoms with Gasteiger partial charge in [0.1, 0.15) is 0 Å². The second-order valence-corrected chi connectivity index (χ2v) is 5.19. The van der Waals surface area contributed by atoms with Gasteiger partial charge >= 0.3 is 0 Å². The summed E-state index contributed by atoms with van der Waals surface area (Å²) in [7, 11) is 0. The molecule has 1 atom stereocenters. The Hall–Kier alpha value is -1.84. The second-order valence-electron chi connectivity index (χ2n) is 5.19. The summed E-state index contributed by atoms with van der Waals surface area (Å²) in [6, 6.07) is 7.79. The summed E-state index contributed by atoms with van der Waals surface area (Å²) in [5.41, 5.74) is 6.40. The zero-order valence-corrected chi connectivity index (χ0v) is 10.9. The number of aliphatic imine (C=N–C) groups is 1. The van der Waals surface area contributed by atoms with Crippen molar-refractivity contribution in [2.75, 3.05) is 0 Å². The molecule has 2 rings (SSSR count). The van der Waals surface area contributed by atoms with Gasteiger partial charge in [-0.3, -0.25) is 4.79 Å². The molecule has 1 aromatic carbocycles. The van der Waals surface area contributed by atoms with Crippen LogP contribution in [0.1, 0.15) is 31.9 Å². The van der Waals surface area contributed by atoms with Gasteiger partial charge in [-0.1, -0.05) is 38.1 Å². The highest BCUT2D eigenvalue weighted by Crippen LogP contribution is 2.31. The van der Waals surface area contributed by atoms with Crippen LogP contribution >= 0.6 is 0 Å². The summed E-state index contributed by atoms with van der Waals surface area (Å²) < 4.78 is 5.35. The van der Waals surface area contributed by atoms with Crippen molar-refractivity contribution in [3.05, 3.63) is 35.4 Å². The van der Waals surface area contributed by atoms with E-state index in [1.165, 1.54) is 5.56 Å². The fraction of sp³-hybridized carbons (Fsp3) is 0.429. The minimum absolute atomic E-state index is 0.0613. The Balaban J connectivity index is 2.23. The Kier molecular flexibility index (Phi) is 3.11. The maximum Gasteiger partial charge on any atom is 0.298 e. The molecule has 0 saturated heterocycles. The number of nitrogens with zero attached hydrogens (tertiary/aromatic N) is 1. The molecule has 18 heavy (non-hydrogen) atoms. The standard InChI is InChI=1S/C14H18N2O2/c1-9(2)8-10-4-6-11(7-5-10)14(3)12(17)16-13(15)18-14/h4-7,9H,8H2,1-3H3,(H2,15,16,17). The van der Waals surface area contributed by atoms with Crippen LogP contribution in [0.25, 0.3) is 0 Å². The molecule has 0 fully saturated rings. The monoisotopic (exact) mass is 246 g/mol. The maximum absolute atomic E-state index is 11.8. The van der Waals surface area contributed by atoms with E-state index in [0.717, 1.165) is 12.0 Å². The van der Waals surface area contributed by atoms with Crippen LogP contribution in [-0.2, 0) is 21.6 Å². The van der Waals surface area contributed by atoms with E-state index < -0.39 is 5.60 Å². The highest BCUT2D eigenvalue weighted by atomic mass is 16.5. The number of carbonyl (C=O) groups is 1. The molecule has 1 amide bonds. The molecule has 0 spiro atoms. The van der Waals surface area contributed by atoms with E-state index in [9.17, 15) is 4.79 Å². The lowest BCUT2D eigenvalue weighted by Gasteiger charge is -2.21. The Labute approximate surface area is 107 Å². The average Bonchev–Trinajstić information content (AvgIpc) is 2.53. The lowest BCUT2D eigenvalue weighted by molar-refractivity contribution is -0.130. The first-order valence-electron chi connectivity index (χ1n) is 6.09. The third-order valence-electron chi connectivity index (χ3n) is 3.08. The second kappa shape index (κ2) is 4.44. The summed E-state index contributed by atoms with van der Waals surface area (Å²) in [4.78, 5) is 15.4. The number of rotatable bonds is 3. The van der Waals surface area contributed by atoms with Crippen LogP contribution in [0.15, 0.2) is 29.3 Å². The zero-order valence-electron chi connectivity index (χ0n) is 10.9. The molecule has 1 aromatic rings. The Morgan fingerprint density at radius 2 is 1.94 bits per heavy atom. The van der Waals surface area contributed by atoms with Gasteiger partial charge in [0.2, 0.25) is 5.60 Å². The van der Waals surface area contributed by atoms with Gasteiger partial charge in [0.15, 0.2) is 0 Å². The highest BCUT2D eigenvalue weighted by molar-refractivity contribution is 6.01. The topological polar surface area (TPSA) is 64.7 Å². The predicted octanol–water partition coefficient (Wildman–Crippen LogP) is 1.97. The molecule has 1 unspecified atom stereocenters. The van der Waals surface area contributed by atoms with Crippen LogP contribution in [0, 0.1) is 5.92 Å². The Morgan fingerprint density at radius 3 is 2.39 bits per heavy atom. The highest BCUT2D eigenvalue weighted by Gasteiger charge is 2.43. The van der Waals surface area contributed by atoms with Gasteiger partial charge in [0.25, 0.3) is 11.9 Å². The van der Waals surface area contributed by atoms with Crippen LogP contribution in [0.3, 0.4) is 0 Å². The molecule has 1 aliphatic heterocycles. The van der Waals surface area contributed by atoms with Gasteiger partial charge in [-0.25, -0.2) is 0 Å². The third kappa shape index (κ3) is 2.23. The van der Waals surface area contributed by atoms with Gasteiger partial charge in [0, 0.05) is 5.56 Å². The van der Waals surface area contributed by atoms with Crippen LogP contribution in [0.4, 0.5) is 0 Å². The van der Waals surface area contributed by atoms with E-state index in [4.69, 9.17) is 10.5 Å². The van der Waals surface area contributed by atoms with Gasteiger partial charge in [-0.15, -0.1) is 0 Å². The van der Waals surface area contributed by atoms with Crippen molar-refractivity contribution in [2.24, 2.45) is 16.6 Å². The summed E-state index contributed by atoms with van der Waals surface area (Å²) in [5.74, 6) is 0.256. The SMILES string of the molecule is CC(C)Cc1ccc(C2(C)OC(N)=NC2=O)cc1. The molecule has 0 saturated carbocycles. The van der Waals surface area contributed by atoms with Crippen molar-refractivity contribution in [3.8, 4) is 0 Å². The number of ether oxygens (including phenoxy) is 1. The van der Waals surface area contributed by atoms with E-state index in [2.05, 4.69) is 18.8 Å². The summed E-state index contributed by atoms with van der Waals surface area (Å²) >= 11 is 0. The van der Waals surface area contributed by atoms with E-state index in [-0.39, 0.29) is 11.9 Å². The molecule has 1 heterocycles. The van der Waals surface area contributed by atoms with Crippen molar-refractivity contribution < 1.29 is 9.53 Å². The van der Waals surface area contributed by atoms with Crippen molar-refractivity contribution in [1.82, 2.24) is 0 Å². The van der Waals surface area contributed by atoms with E-state index in [0.29, 0.717) is 5.92 Å². The zero-order chi connectivity index (χ0) is 13.3.